The van der Waals surface area contributed by atoms with Crippen molar-refractivity contribution in [2.24, 2.45) is 0 Å². The van der Waals surface area contributed by atoms with Crippen LogP contribution in [-0.4, -0.2) is 42.0 Å². The summed E-state index contributed by atoms with van der Waals surface area (Å²) in [6.45, 7) is 5.61. The molecule has 0 amide bonds. The van der Waals surface area contributed by atoms with Crippen molar-refractivity contribution in [2.45, 2.75) is 44.2 Å². The summed E-state index contributed by atoms with van der Waals surface area (Å²) in [7, 11) is 0. The zero-order valence-electron chi connectivity index (χ0n) is 8.82. The number of hydrogen-bond donors (Lipinski definition) is 1. The van der Waals surface area contributed by atoms with E-state index in [1.165, 1.54) is 0 Å². The summed E-state index contributed by atoms with van der Waals surface area (Å²) in [6, 6.07) is 0.304. The Hall–Kier alpha value is -0.220. The molecule has 1 atom stereocenters. The molecule has 0 radical (unpaired) electrons. The first kappa shape index (κ1) is 10.3. The lowest BCUT2D eigenvalue weighted by Crippen LogP contribution is -2.36. The van der Waals surface area contributed by atoms with E-state index in [-0.39, 0.29) is 18.5 Å². The van der Waals surface area contributed by atoms with Crippen molar-refractivity contribution in [3.05, 3.63) is 0 Å². The first-order valence-electron chi connectivity index (χ1n) is 5.25. The molecule has 0 aromatic rings. The maximum Gasteiger partial charge on any atom is 0.261 e. The standard InChI is InChI=1S/C10H18F2N2/c1-9(2)5-8(6-13-9)14-4-3-10(11,12)7-14/h8,13H,3-7H2,1-2H3. The molecule has 2 saturated heterocycles. The van der Waals surface area contributed by atoms with Gasteiger partial charge in [-0.15, -0.1) is 0 Å². The third-order valence-electron chi connectivity index (χ3n) is 3.28. The Morgan fingerprint density at radius 3 is 2.50 bits per heavy atom. The number of nitrogens with zero attached hydrogens (tertiary/aromatic N) is 1. The van der Waals surface area contributed by atoms with Gasteiger partial charge in [0.05, 0.1) is 6.54 Å². The molecule has 2 heterocycles. The maximum atomic E-state index is 13.0. The van der Waals surface area contributed by atoms with Gasteiger partial charge in [0, 0.05) is 31.1 Å². The number of nitrogens with one attached hydrogen (secondary N) is 1. The van der Waals surface area contributed by atoms with Gasteiger partial charge in [0.1, 0.15) is 0 Å². The van der Waals surface area contributed by atoms with E-state index in [4.69, 9.17) is 0 Å². The molecule has 82 valence electrons. The molecule has 1 unspecified atom stereocenters. The van der Waals surface area contributed by atoms with E-state index in [9.17, 15) is 8.78 Å². The zero-order valence-corrected chi connectivity index (χ0v) is 8.82. The number of rotatable bonds is 1. The third-order valence-corrected chi connectivity index (χ3v) is 3.28. The van der Waals surface area contributed by atoms with Gasteiger partial charge in [-0.3, -0.25) is 4.90 Å². The molecule has 4 heteroatoms. The fraction of sp³-hybridized carbons (Fsp3) is 1.00. The molecule has 14 heavy (non-hydrogen) atoms. The van der Waals surface area contributed by atoms with Gasteiger partial charge in [-0.1, -0.05) is 0 Å². The highest BCUT2D eigenvalue weighted by molar-refractivity contribution is 4.97. The molecule has 2 nitrogen and oxygen atoms in total. The van der Waals surface area contributed by atoms with Gasteiger partial charge in [-0.25, -0.2) is 8.78 Å². The third kappa shape index (κ3) is 2.06. The molecule has 0 spiro atoms. The smallest absolute Gasteiger partial charge is 0.261 e. The van der Waals surface area contributed by atoms with Crippen LogP contribution in [0.5, 0.6) is 0 Å². The van der Waals surface area contributed by atoms with Crippen LogP contribution in [-0.2, 0) is 0 Å². The lowest BCUT2D eigenvalue weighted by atomic mass is 10.0. The number of hydrogen-bond acceptors (Lipinski definition) is 2. The summed E-state index contributed by atoms with van der Waals surface area (Å²) in [5, 5.41) is 3.36. The van der Waals surface area contributed by atoms with Crippen LogP contribution in [0.3, 0.4) is 0 Å². The van der Waals surface area contributed by atoms with Crippen LogP contribution in [0.4, 0.5) is 8.78 Å². The van der Waals surface area contributed by atoms with Crippen LogP contribution in [0.2, 0.25) is 0 Å². The molecule has 2 fully saturated rings. The van der Waals surface area contributed by atoms with E-state index in [0.717, 1.165) is 13.0 Å². The fourth-order valence-electron chi connectivity index (χ4n) is 2.46. The molecule has 0 saturated carbocycles. The average molecular weight is 204 g/mol. The minimum absolute atomic E-state index is 0.0317. The second-order valence-corrected chi connectivity index (χ2v) is 5.20. The van der Waals surface area contributed by atoms with E-state index >= 15 is 0 Å². The van der Waals surface area contributed by atoms with Crippen LogP contribution in [0.1, 0.15) is 26.7 Å². The quantitative estimate of drug-likeness (QED) is 0.695. The molecule has 1 N–H and O–H groups in total. The first-order chi connectivity index (χ1) is 6.38. The minimum atomic E-state index is -2.45. The highest BCUT2D eigenvalue weighted by Gasteiger charge is 2.43. The van der Waals surface area contributed by atoms with Crippen molar-refractivity contribution in [3.8, 4) is 0 Å². The van der Waals surface area contributed by atoms with Crippen molar-refractivity contribution < 1.29 is 8.78 Å². The van der Waals surface area contributed by atoms with Crippen molar-refractivity contribution in [3.63, 3.8) is 0 Å². The average Bonchev–Trinajstić information content (AvgIpc) is 2.54. The maximum absolute atomic E-state index is 13.0. The van der Waals surface area contributed by atoms with E-state index in [1.54, 1.807) is 0 Å². The molecule has 2 rings (SSSR count). The van der Waals surface area contributed by atoms with Gasteiger partial charge in [-0.2, -0.15) is 0 Å². The van der Waals surface area contributed by atoms with Crippen LogP contribution >= 0.6 is 0 Å². The highest BCUT2D eigenvalue weighted by Crippen LogP contribution is 2.31. The van der Waals surface area contributed by atoms with Gasteiger partial charge >= 0.3 is 0 Å². The van der Waals surface area contributed by atoms with E-state index < -0.39 is 5.92 Å². The highest BCUT2D eigenvalue weighted by atomic mass is 19.3. The molecular weight excluding hydrogens is 186 g/mol. The summed E-state index contributed by atoms with van der Waals surface area (Å²) in [4.78, 5) is 1.93. The van der Waals surface area contributed by atoms with Crippen LogP contribution in [0.25, 0.3) is 0 Å². The molecule has 2 aliphatic rings. The van der Waals surface area contributed by atoms with Crippen LogP contribution < -0.4 is 5.32 Å². The molecule has 0 aliphatic carbocycles. The Morgan fingerprint density at radius 2 is 2.07 bits per heavy atom. The SMILES string of the molecule is CC1(C)CC(N2CCC(F)(F)C2)CN1. The second-order valence-electron chi connectivity index (χ2n) is 5.20. The summed E-state index contributed by atoms with van der Waals surface area (Å²) in [5.74, 6) is -2.45. The molecule has 0 aromatic heterocycles. The van der Waals surface area contributed by atoms with Crippen molar-refractivity contribution >= 4 is 0 Å². The number of halogens is 2. The fourth-order valence-corrected chi connectivity index (χ4v) is 2.46. The van der Waals surface area contributed by atoms with Gasteiger partial charge in [-0.05, 0) is 20.3 Å². The van der Waals surface area contributed by atoms with Gasteiger partial charge in [0.15, 0.2) is 0 Å². The normalized spacial score (nSPS) is 36.4. The van der Waals surface area contributed by atoms with Crippen molar-refractivity contribution in [1.82, 2.24) is 10.2 Å². The van der Waals surface area contributed by atoms with Crippen molar-refractivity contribution in [1.29, 1.82) is 0 Å². The Bertz CT molecular complexity index is 204. The Morgan fingerprint density at radius 1 is 1.36 bits per heavy atom. The molecular formula is C10H18F2N2. The van der Waals surface area contributed by atoms with Gasteiger partial charge in [0.2, 0.25) is 0 Å². The van der Waals surface area contributed by atoms with Crippen LogP contribution in [0.15, 0.2) is 0 Å². The topological polar surface area (TPSA) is 15.3 Å². The predicted octanol–water partition coefficient (Wildman–Crippen LogP) is 1.47. The van der Waals surface area contributed by atoms with E-state index in [1.807, 2.05) is 4.90 Å². The van der Waals surface area contributed by atoms with E-state index in [2.05, 4.69) is 19.2 Å². The van der Waals surface area contributed by atoms with Gasteiger partial charge < -0.3 is 5.32 Å². The second kappa shape index (κ2) is 3.14. The molecule has 2 aliphatic heterocycles. The van der Waals surface area contributed by atoms with Gasteiger partial charge in [0.25, 0.3) is 5.92 Å². The summed E-state index contributed by atoms with van der Waals surface area (Å²) < 4.78 is 26.0. The largest absolute Gasteiger partial charge is 0.310 e. The monoisotopic (exact) mass is 204 g/mol. The number of likely N-dealkylation sites (tertiary alicyclic amines) is 1. The zero-order chi connectivity index (χ0) is 10.4. The summed E-state index contributed by atoms with van der Waals surface area (Å²) in [5.41, 5.74) is 0.114. The summed E-state index contributed by atoms with van der Waals surface area (Å²) in [6.07, 6.45) is 1.01. The summed E-state index contributed by atoms with van der Waals surface area (Å²) >= 11 is 0. The lowest BCUT2D eigenvalue weighted by molar-refractivity contribution is 0.00825. The Balaban J connectivity index is 1.93. The molecule has 0 aromatic carbocycles. The van der Waals surface area contributed by atoms with E-state index in [0.29, 0.717) is 12.6 Å². The van der Waals surface area contributed by atoms with Crippen LogP contribution in [0, 0.1) is 0 Å². The Kier molecular flexibility index (Phi) is 2.31. The molecule has 0 bridgehead atoms. The number of alkyl halides is 2. The minimum Gasteiger partial charge on any atom is -0.310 e. The van der Waals surface area contributed by atoms with Crippen molar-refractivity contribution in [2.75, 3.05) is 19.6 Å². The predicted molar refractivity (Wildman–Crippen MR) is 51.6 cm³/mol. The first-order valence-corrected chi connectivity index (χ1v) is 5.25. The Labute approximate surface area is 83.7 Å². The lowest BCUT2D eigenvalue weighted by Gasteiger charge is -2.24.